The van der Waals surface area contributed by atoms with Crippen molar-refractivity contribution in [3.8, 4) is 17.2 Å². The molecule has 0 heterocycles. The van der Waals surface area contributed by atoms with Crippen molar-refractivity contribution in [1.82, 2.24) is 5.06 Å². The molecule has 0 saturated carbocycles. The number of halogens is 3. The van der Waals surface area contributed by atoms with Crippen LogP contribution in [0.15, 0.2) is 53.4 Å². The van der Waals surface area contributed by atoms with Gasteiger partial charge in [0.05, 0.1) is 16.2 Å². The zero-order valence-corrected chi connectivity index (χ0v) is 17.8. The van der Waals surface area contributed by atoms with E-state index in [4.69, 9.17) is 9.84 Å². The maximum absolute atomic E-state index is 12.8. The van der Waals surface area contributed by atoms with E-state index in [1.807, 2.05) is 0 Å². The van der Waals surface area contributed by atoms with Crippen LogP contribution in [0.5, 0.6) is 17.2 Å². The molecule has 2 aromatic rings. The van der Waals surface area contributed by atoms with Gasteiger partial charge in [-0.1, -0.05) is 0 Å². The van der Waals surface area contributed by atoms with Gasteiger partial charge in [0.15, 0.2) is 9.84 Å². The molecule has 0 aliphatic carbocycles. The molecule has 0 spiro atoms. The Morgan fingerprint density at radius 1 is 1.00 bits per heavy atom. The topological polar surface area (TPSA) is 113 Å². The van der Waals surface area contributed by atoms with Crippen molar-refractivity contribution in [2.45, 2.75) is 36.6 Å². The van der Waals surface area contributed by atoms with Crippen molar-refractivity contribution < 1.29 is 46.2 Å². The van der Waals surface area contributed by atoms with E-state index >= 15 is 0 Å². The van der Waals surface area contributed by atoms with Gasteiger partial charge in [-0.3, -0.25) is 10.0 Å². The normalized spacial score (nSPS) is 13.8. The molecule has 0 bridgehead atoms. The molecule has 176 valence electrons. The second-order valence-corrected chi connectivity index (χ2v) is 9.12. The Morgan fingerprint density at radius 2 is 1.50 bits per heavy atom. The van der Waals surface area contributed by atoms with Crippen LogP contribution in [0.3, 0.4) is 0 Å². The van der Waals surface area contributed by atoms with Crippen molar-refractivity contribution in [2.24, 2.45) is 0 Å². The predicted octanol–water partition coefficient (Wildman–Crippen LogP) is 3.53. The minimum Gasteiger partial charge on any atom is -0.457 e. The zero-order valence-electron chi connectivity index (χ0n) is 16.9. The zero-order chi connectivity index (χ0) is 24.0. The Balaban J connectivity index is 2.12. The van der Waals surface area contributed by atoms with Crippen LogP contribution in [0, 0.1) is 0 Å². The Kier molecular flexibility index (Phi) is 8.10. The summed E-state index contributed by atoms with van der Waals surface area (Å²) in [6.07, 6.45) is -4.48. The molecule has 2 rings (SSSR count). The van der Waals surface area contributed by atoms with Crippen molar-refractivity contribution in [1.29, 1.82) is 0 Å². The molecule has 2 aromatic carbocycles. The van der Waals surface area contributed by atoms with E-state index in [0.717, 1.165) is 12.1 Å². The van der Waals surface area contributed by atoms with E-state index in [2.05, 4.69) is 4.74 Å². The van der Waals surface area contributed by atoms with E-state index in [1.54, 1.807) is 0 Å². The van der Waals surface area contributed by atoms with Crippen molar-refractivity contribution >= 4 is 16.2 Å². The Hall–Kier alpha value is -2.83. The van der Waals surface area contributed by atoms with Crippen LogP contribution >= 0.6 is 0 Å². The molecule has 1 amide bonds. The lowest BCUT2D eigenvalue weighted by Crippen LogP contribution is -2.49. The highest BCUT2D eigenvalue weighted by molar-refractivity contribution is 7.91. The molecule has 1 unspecified atom stereocenters. The number of hydrogen-bond acceptors (Lipinski definition) is 7. The lowest BCUT2D eigenvalue weighted by Gasteiger charge is -2.34. The number of carbonyl (C=O) groups excluding carboxylic acids is 1. The van der Waals surface area contributed by atoms with E-state index < -0.39 is 33.2 Å². The summed E-state index contributed by atoms with van der Waals surface area (Å²) in [6, 6.07) is 9.90. The fourth-order valence-corrected chi connectivity index (χ4v) is 4.71. The first-order valence-corrected chi connectivity index (χ1v) is 10.9. The summed E-state index contributed by atoms with van der Waals surface area (Å²) in [7, 11) is -3.94. The van der Waals surface area contributed by atoms with Crippen molar-refractivity contribution in [3.63, 3.8) is 0 Å². The van der Waals surface area contributed by atoms with Crippen LogP contribution in [0.1, 0.15) is 19.8 Å². The standard InChI is InChI=1S/C20H22F3NO7S/c1-19(11-2-12-25,24(27)14-26)13-32(28,29)18-9-7-16(8-10-18)30-15-3-5-17(6-4-15)31-20(21,22)23/h3-10,14,25,27H,2,11-13H2,1H3. The molecule has 0 aromatic heterocycles. The molecule has 0 radical (unpaired) electrons. The Labute approximate surface area is 182 Å². The number of sulfone groups is 1. The van der Waals surface area contributed by atoms with E-state index in [1.165, 1.54) is 43.3 Å². The molecule has 32 heavy (non-hydrogen) atoms. The molecular weight excluding hydrogens is 455 g/mol. The van der Waals surface area contributed by atoms with E-state index in [9.17, 15) is 31.6 Å². The number of alkyl halides is 3. The number of nitrogens with zero attached hydrogens (tertiary/aromatic N) is 1. The summed E-state index contributed by atoms with van der Waals surface area (Å²) in [5.74, 6) is -0.568. The fraction of sp³-hybridized carbons (Fsp3) is 0.350. The molecular formula is C20H22F3NO7S. The number of aliphatic hydroxyl groups excluding tert-OH is 1. The van der Waals surface area contributed by atoms with Crippen LogP contribution in [0.4, 0.5) is 13.2 Å². The molecule has 12 heteroatoms. The molecule has 0 fully saturated rings. The van der Waals surface area contributed by atoms with Gasteiger partial charge in [0, 0.05) is 6.61 Å². The van der Waals surface area contributed by atoms with Crippen molar-refractivity contribution in [3.05, 3.63) is 48.5 Å². The summed E-state index contributed by atoms with van der Waals surface area (Å²) < 4.78 is 71.4. The first-order valence-electron chi connectivity index (χ1n) is 9.29. The molecule has 0 aliphatic rings. The van der Waals surface area contributed by atoms with Crippen LogP contribution in [-0.4, -0.2) is 54.5 Å². The maximum atomic E-state index is 12.8. The summed E-state index contributed by atoms with van der Waals surface area (Å²) in [5, 5.41) is 19.1. The number of hydroxylamine groups is 2. The smallest absolute Gasteiger partial charge is 0.457 e. The molecule has 0 saturated heterocycles. The fourth-order valence-electron chi connectivity index (χ4n) is 2.89. The number of benzene rings is 2. The molecule has 1 atom stereocenters. The highest BCUT2D eigenvalue weighted by atomic mass is 32.2. The predicted molar refractivity (Wildman–Crippen MR) is 106 cm³/mol. The average molecular weight is 477 g/mol. The first kappa shape index (κ1) is 25.4. The lowest BCUT2D eigenvalue weighted by molar-refractivity contribution is -0.274. The number of ether oxygens (including phenoxy) is 2. The first-order chi connectivity index (χ1) is 14.9. The Morgan fingerprint density at radius 3 is 1.97 bits per heavy atom. The molecule has 2 N–H and O–H groups in total. The summed E-state index contributed by atoms with van der Waals surface area (Å²) in [6.45, 7) is 1.15. The average Bonchev–Trinajstić information content (AvgIpc) is 2.72. The van der Waals surface area contributed by atoms with E-state index in [-0.39, 0.29) is 47.3 Å². The van der Waals surface area contributed by atoms with Crippen LogP contribution in [0.25, 0.3) is 0 Å². The second-order valence-electron chi connectivity index (χ2n) is 7.13. The monoisotopic (exact) mass is 477 g/mol. The van der Waals surface area contributed by atoms with E-state index in [0.29, 0.717) is 0 Å². The maximum Gasteiger partial charge on any atom is 0.573 e. The third kappa shape index (κ3) is 7.11. The largest absolute Gasteiger partial charge is 0.573 e. The van der Waals surface area contributed by atoms with Gasteiger partial charge in [-0.05, 0) is 68.3 Å². The lowest BCUT2D eigenvalue weighted by atomic mass is 9.98. The SMILES string of the molecule is CC(CCCO)(CS(=O)(=O)c1ccc(Oc2ccc(OC(F)(F)F)cc2)cc1)N(O)C=O. The Bertz CT molecular complexity index is 995. The third-order valence-electron chi connectivity index (χ3n) is 4.50. The van der Waals surface area contributed by atoms with Crippen molar-refractivity contribution in [2.75, 3.05) is 12.4 Å². The molecule has 0 aliphatic heterocycles. The van der Waals surface area contributed by atoms with Crippen LogP contribution < -0.4 is 9.47 Å². The van der Waals surface area contributed by atoms with Gasteiger partial charge in [-0.15, -0.1) is 13.2 Å². The van der Waals surface area contributed by atoms with Gasteiger partial charge >= 0.3 is 6.36 Å². The van der Waals surface area contributed by atoms with Crippen LogP contribution in [0.2, 0.25) is 0 Å². The van der Waals surface area contributed by atoms with Gasteiger partial charge in [0.2, 0.25) is 6.41 Å². The van der Waals surface area contributed by atoms with Gasteiger partial charge in [-0.25, -0.2) is 13.5 Å². The molecule has 8 nitrogen and oxygen atoms in total. The van der Waals surface area contributed by atoms with Gasteiger partial charge in [0.1, 0.15) is 17.2 Å². The summed E-state index contributed by atoms with van der Waals surface area (Å²) in [5.41, 5.74) is -1.45. The minimum absolute atomic E-state index is 0.0488. The van der Waals surface area contributed by atoms with Crippen LogP contribution in [-0.2, 0) is 14.6 Å². The number of hydrogen-bond donors (Lipinski definition) is 2. The van der Waals surface area contributed by atoms with Gasteiger partial charge < -0.3 is 14.6 Å². The number of carbonyl (C=O) groups is 1. The van der Waals surface area contributed by atoms with Gasteiger partial charge in [-0.2, -0.15) is 0 Å². The minimum atomic E-state index is -4.81. The summed E-state index contributed by atoms with van der Waals surface area (Å²) >= 11 is 0. The number of aliphatic hydroxyl groups is 1. The van der Waals surface area contributed by atoms with Gasteiger partial charge in [0.25, 0.3) is 0 Å². The summed E-state index contributed by atoms with van der Waals surface area (Å²) in [4.78, 5) is 10.9. The highest BCUT2D eigenvalue weighted by Crippen LogP contribution is 2.29. The highest BCUT2D eigenvalue weighted by Gasteiger charge is 2.36. The second kappa shape index (κ2) is 10.2. The number of amides is 1. The third-order valence-corrected chi connectivity index (χ3v) is 6.50. The number of rotatable bonds is 11. The quantitative estimate of drug-likeness (QED) is 0.289.